The molecule has 0 aliphatic carbocycles. The monoisotopic (exact) mass is 417 g/mol. The first kappa shape index (κ1) is 16.8. The van der Waals surface area contributed by atoms with Crippen molar-refractivity contribution in [2.45, 2.75) is 25.7 Å². The Morgan fingerprint density at radius 1 is 0.905 bits per heavy atom. The number of alkyl halides is 1. The molecule has 114 valence electrons. The Labute approximate surface area is 144 Å². The van der Waals surface area contributed by atoms with Crippen molar-refractivity contribution in [1.82, 2.24) is 4.90 Å². The molecule has 1 aromatic rings. The maximum atomic E-state index is 12.1. The molecule has 0 unspecified atom stereocenters. The lowest BCUT2D eigenvalue weighted by Gasteiger charge is -2.13. The van der Waals surface area contributed by atoms with Crippen LogP contribution in [0.5, 0.6) is 0 Å². The summed E-state index contributed by atoms with van der Waals surface area (Å²) < 4.78 is 1.23. The predicted molar refractivity (Wildman–Crippen MR) is 96.5 cm³/mol. The number of unbranched alkanes of at least 4 members (excludes halogenated alkanes) is 2. The largest absolute Gasteiger partial charge is 0.274 e. The molecule has 3 nitrogen and oxygen atoms in total. The molecule has 2 amide bonds. The van der Waals surface area contributed by atoms with Crippen LogP contribution in [0.4, 0.5) is 0 Å². The molecular formula is C16H20INO2S. The van der Waals surface area contributed by atoms with E-state index in [1.165, 1.54) is 27.9 Å². The first-order valence-electron chi connectivity index (χ1n) is 7.34. The zero-order chi connectivity index (χ0) is 15.1. The summed E-state index contributed by atoms with van der Waals surface area (Å²) in [4.78, 5) is 25.7. The van der Waals surface area contributed by atoms with Crippen molar-refractivity contribution in [3.63, 3.8) is 0 Å². The average molecular weight is 417 g/mol. The molecule has 0 fully saturated rings. The van der Waals surface area contributed by atoms with E-state index in [1.54, 1.807) is 24.3 Å². The van der Waals surface area contributed by atoms with E-state index >= 15 is 0 Å². The zero-order valence-electron chi connectivity index (χ0n) is 12.0. The van der Waals surface area contributed by atoms with Gasteiger partial charge in [-0.2, -0.15) is 11.8 Å². The Morgan fingerprint density at radius 2 is 1.48 bits per heavy atom. The Hall–Kier alpha value is -0.560. The van der Waals surface area contributed by atoms with E-state index in [-0.39, 0.29) is 11.8 Å². The molecule has 2 rings (SSSR count). The van der Waals surface area contributed by atoms with E-state index in [2.05, 4.69) is 22.6 Å². The van der Waals surface area contributed by atoms with Gasteiger partial charge in [-0.15, -0.1) is 0 Å². The van der Waals surface area contributed by atoms with Crippen LogP contribution >= 0.6 is 34.4 Å². The zero-order valence-corrected chi connectivity index (χ0v) is 15.0. The van der Waals surface area contributed by atoms with Crippen LogP contribution in [0.15, 0.2) is 24.3 Å². The van der Waals surface area contributed by atoms with Crippen molar-refractivity contribution in [2.24, 2.45) is 0 Å². The van der Waals surface area contributed by atoms with Gasteiger partial charge in [0.05, 0.1) is 11.1 Å². The summed E-state index contributed by atoms with van der Waals surface area (Å²) in [6.45, 7) is 0.542. The van der Waals surface area contributed by atoms with Gasteiger partial charge in [0.25, 0.3) is 11.8 Å². The van der Waals surface area contributed by atoms with Crippen LogP contribution in [0.2, 0.25) is 0 Å². The van der Waals surface area contributed by atoms with Gasteiger partial charge >= 0.3 is 0 Å². The molecule has 1 aliphatic rings. The van der Waals surface area contributed by atoms with Gasteiger partial charge in [-0.25, -0.2) is 0 Å². The first-order valence-corrected chi connectivity index (χ1v) is 10.0. The highest BCUT2D eigenvalue weighted by Crippen LogP contribution is 2.22. The third-order valence-corrected chi connectivity index (χ3v) is 5.39. The number of hydrogen-bond donors (Lipinski definition) is 0. The molecule has 0 atom stereocenters. The minimum Gasteiger partial charge on any atom is -0.274 e. The molecule has 0 spiro atoms. The lowest BCUT2D eigenvalue weighted by molar-refractivity contribution is 0.0652. The molecule has 1 aliphatic heterocycles. The summed E-state index contributed by atoms with van der Waals surface area (Å²) in [6, 6.07) is 7.08. The summed E-state index contributed by atoms with van der Waals surface area (Å²) in [6.07, 6.45) is 4.53. The average Bonchev–Trinajstić information content (AvgIpc) is 2.75. The molecular weight excluding hydrogens is 397 g/mol. The van der Waals surface area contributed by atoms with E-state index < -0.39 is 0 Å². The van der Waals surface area contributed by atoms with Crippen molar-refractivity contribution in [1.29, 1.82) is 0 Å². The maximum absolute atomic E-state index is 12.1. The number of halogens is 1. The third-order valence-electron chi connectivity index (χ3n) is 3.47. The third kappa shape index (κ3) is 4.45. The predicted octanol–water partition coefficient (Wildman–Crippen LogP) is 4.01. The first-order chi connectivity index (χ1) is 10.3. The van der Waals surface area contributed by atoms with E-state index in [0.717, 1.165) is 18.6 Å². The number of hydrogen-bond acceptors (Lipinski definition) is 3. The molecule has 0 bridgehead atoms. The number of rotatable bonds is 9. The summed E-state index contributed by atoms with van der Waals surface area (Å²) in [7, 11) is 0. The highest BCUT2D eigenvalue weighted by atomic mass is 127. The summed E-state index contributed by atoms with van der Waals surface area (Å²) in [5, 5.41) is 0. The van der Waals surface area contributed by atoms with Crippen LogP contribution in [0, 0.1) is 0 Å². The Morgan fingerprint density at radius 3 is 2.05 bits per heavy atom. The van der Waals surface area contributed by atoms with Crippen molar-refractivity contribution in [3.05, 3.63) is 35.4 Å². The van der Waals surface area contributed by atoms with Gasteiger partial charge in [0.1, 0.15) is 0 Å². The minimum atomic E-state index is -0.134. The van der Waals surface area contributed by atoms with Gasteiger partial charge in [0.15, 0.2) is 0 Å². The van der Waals surface area contributed by atoms with Gasteiger partial charge in [-0.3, -0.25) is 14.5 Å². The van der Waals surface area contributed by atoms with Crippen molar-refractivity contribution in [2.75, 3.05) is 22.5 Å². The molecule has 0 saturated heterocycles. The number of carbonyl (C=O) groups is 2. The van der Waals surface area contributed by atoms with Crippen LogP contribution in [0.1, 0.15) is 46.4 Å². The van der Waals surface area contributed by atoms with Gasteiger partial charge in [0, 0.05) is 6.54 Å². The Balaban J connectivity index is 1.69. The Kier molecular flexibility index (Phi) is 7.03. The molecule has 5 heteroatoms. The second-order valence-electron chi connectivity index (χ2n) is 5.02. The number of carbonyl (C=O) groups excluding carboxylic acids is 2. The molecule has 1 heterocycles. The number of nitrogens with zero attached hydrogens (tertiary/aromatic N) is 1. The normalized spacial score (nSPS) is 13.9. The molecule has 0 radical (unpaired) electrons. The van der Waals surface area contributed by atoms with E-state index in [9.17, 15) is 9.59 Å². The molecule has 0 aromatic heterocycles. The molecule has 21 heavy (non-hydrogen) atoms. The van der Waals surface area contributed by atoms with Crippen molar-refractivity contribution in [3.8, 4) is 0 Å². The maximum Gasteiger partial charge on any atom is 0.261 e. The van der Waals surface area contributed by atoms with Crippen LogP contribution in [0.3, 0.4) is 0 Å². The lowest BCUT2D eigenvalue weighted by Crippen LogP contribution is -2.30. The van der Waals surface area contributed by atoms with E-state index in [0.29, 0.717) is 17.7 Å². The standard InChI is InChI=1S/C16H20INO2S/c17-9-3-5-11-21-12-6-4-10-18-15(19)13-7-1-2-8-14(13)16(18)20/h1-2,7-8H,3-6,9-12H2. The summed E-state index contributed by atoms with van der Waals surface area (Å²) in [5.41, 5.74) is 1.10. The number of amides is 2. The number of imide groups is 1. The molecule has 0 saturated carbocycles. The second-order valence-corrected chi connectivity index (χ2v) is 7.33. The fraction of sp³-hybridized carbons (Fsp3) is 0.500. The Bertz CT molecular complexity index is 472. The van der Waals surface area contributed by atoms with Crippen LogP contribution in [-0.4, -0.2) is 39.2 Å². The highest BCUT2D eigenvalue weighted by molar-refractivity contribution is 14.1. The smallest absolute Gasteiger partial charge is 0.261 e. The minimum absolute atomic E-state index is 0.134. The van der Waals surface area contributed by atoms with Crippen molar-refractivity contribution < 1.29 is 9.59 Å². The molecule has 1 aromatic carbocycles. The molecule has 0 N–H and O–H groups in total. The lowest BCUT2D eigenvalue weighted by atomic mass is 10.1. The fourth-order valence-electron chi connectivity index (χ4n) is 2.32. The summed E-state index contributed by atoms with van der Waals surface area (Å²) >= 11 is 4.38. The number of thioether (sulfide) groups is 1. The van der Waals surface area contributed by atoms with Crippen LogP contribution in [-0.2, 0) is 0 Å². The number of benzene rings is 1. The highest BCUT2D eigenvalue weighted by Gasteiger charge is 2.34. The van der Waals surface area contributed by atoms with E-state index in [4.69, 9.17) is 0 Å². The SMILES string of the molecule is O=C1c2ccccc2C(=O)N1CCCCSCCCCI. The summed E-state index contributed by atoms with van der Waals surface area (Å²) in [5.74, 6) is 2.07. The quantitative estimate of drug-likeness (QED) is 0.264. The number of fused-ring (bicyclic) bond motifs is 1. The van der Waals surface area contributed by atoms with Crippen LogP contribution < -0.4 is 0 Å². The van der Waals surface area contributed by atoms with Gasteiger partial charge in [0.2, 0.25) is 0 Å². The van der Waals surface area contributed by atoms with Gasteiger partial charge in [-0.1, -0.05) is 34.7 Å². The van der Waals surface area contributed by atoms with Gasteiger partial charge < -0.3 is 0 Å². The van der Waals surface area contributed by atoms with Crippen molar-refractivity contribution >= 4 is 46.2 Å². The van der Waals surface area contributed by atoms with Crippen LogP contribution in [0.25, 0.3) is 0 Å². The fourth-order valence-corrected chi connectivity index (χ4v) is 3.88. The second kappa shape index (κ2) is 8.78. The van der Waals surface area contributed by atoms with E-state index in [1.807, 2.05) is 11.8 Å². The van der Waals surface area contributed by atoms with Gasteiger partial charge in [-0.05, 0) is 53.7 Å². The topological polar surface area (TPSA) is 37.4 Å².